The quantitative estimate of drug-likeness (QED) is 0.258. The van der Waals surface area contributed by atoms with Crippen molar-refractivity contribution in [2.75, 3.05) is 17.6 Å². The Labute approximate surface area is 249 Å². The molecular weight excluding hydrogens is 544 g/mol. The zero-order chi connectivity index (χ0) is 29.7. The molecule has 1 saturated heterocycles. The van der Waals surface area contributed by atoms with E-state index in [9.17, 15) is 14.7 Å². The normalized spacial score (nSPS) is 20.6. The van der Waals surface area contributed by atoms with Crippen LogP contribution in [0.5, 0.6) is 17.2 Å². The maximum Gasteiger partial charge on any atom is 0.247 e. The van der Waals surface area contributed by atoms with E-state index in [4.69, 9.17) is 20.9 Å². The van der Waals surface area contributed by atoms with Crippen LogP contribution in [-0.4, -0.2) is 40.4 Å². The lowest BCUT2D eigenvalue weighted by Gasteiger charge is -2.37. The van der Waals surface area contributed by atoms with Crippen molar-refractivity contribution in [3.8, 4) is 17.2 Å². The molecule has 4 aromatic rings. The van der Waals surface area contributed by atoms with E-state index in [-0.39, 0.29) is 17.6 Å². The molecule has 1 unspecified atom stereocenters. The fourth-order valence-corrected chi connectivity index (χ4v) is 6.57. The Morgan fingerprint density at radius 1 is 0.977 bits per heavy atom. The highest BCUT2D eigenvalue weighted by Crippen LogP contribution is 2.56. The molecule has 1 fully saturated rings. The van der Waals surface area contributed by atoms with Crippen molar-refractivity contribution < 1.29 is 24.2 Å². The van der Waals surface area contributed by atoms with Gasteiger partial charge in [0, 0.05) is 41.2 Å². The molecule has 0 aliphatic carbocycles. The number of nitrogen functional groups attached to an aromatic ring is 1. The van der Waals surface area contributed by atoms with Crippen molar-refractivity contribution in [2.45, 2.75) is 43.6 Å². The summed E-state index contributed by atoms with van der Waals surface area (Å²) in [7, 11) is 0. The lowest BCUT2D eigenvalue weighted by molar-refractivity contribution is -0.137. The molecule has 3 atom stereocenters. The third-order valence-corrected chi connectivity index (χ3v) is 8.62. The Hall–Kier alpha value is -4.86. The van der Waals surface area contributed by atoms with Gasteiger partial charge in [0.2, 0.25) is 11.8 Å². The monoisotopic (exact) mass is 576 g/mol. The number of carbonyl (C=O) groups excluding carboxylic acids is 2. The predicted molar refractivity (Wildman–Crippen MR) is 162 cm³/mol. The van der Waals surface area contributed by atoms with Crippen LogP contribution in [0.25, 0.3) is 0 Å². The van der Waals surface area contributed by atoms with Gasteiger partial charge in [-0.25, -0.2) is 0 Å². The number of nitrogens with two attached hydrogens (primary N) is 2. The first kappa shape index (κ1) is 27.0. The minimum absolute atomic E-state index is 0.150. The topological polar surface area (TPSA) is 140 Å². The SMILES string of the molecule is Nc1ccc2c(c1)Oc1cc(NC(=O)[C@@H]3CCCN3C(=O)[C@@H](N)Cc3ccc(O)cc3)ccc1C21OCc2ccccc21. The minimum atomic E-state index is -0.863. The van der Waals surface area contributed by atoms with E-state index in [1.807, 2.05) is 36.4 Å². The van der Waals surface area contributed by atoms with Gasteiger partial charge in [-0.2, -0.15) is 0 Å². The van der Waals surface area contributed by atoms with Crippen LogP contribution in [-0.2, 0) is 33.0 Å². The molecule has 9 heteroatoms. The van der Waals surface area contributed by atoms with Crippen LogP contribution in [0.2, 0.25) is 0 Å². The Bertz CT molecular complexity index is 1740. The standard InChI is InChI=1S/C34H32N4O5/c35-22-9-13-26-30(17-22)43-31-18-23(10-14-27(31)34(26)25-5-2-1-4-21(25)19-42-34)37-32(40)29-6-3-15-38(29)33(41)28(36)16-20-7-11-24(39)12-8-20/h1-2,4-5,7-14,17-18,28-29,39H,3,6,15-16,19,35-36H2,(H,37,40)/t28-,29-,34?/m0/s1. The number of amides is 2. The van der Waals surface area contributed by atoms with Gasteiger partial charge in [-0.05, 0) is 72.4 Å². The van der Waals surface area contributed by atoms with Crippen LogP contribution < -0.4 is 21.5 Å². The number of ether oxygens (including phenoxy) is 2. The maximum absolute atomic E-state index is 13.5. The number of fused-ring (bicyclic) bond motifs is 6. The summed E-state index contributed by atoms with van der Waals surface area (Å²) >= 11 is 0. The van der Waals surface area contributed by atoms with Gasteiger partial charge in [-0.3, -0.25) is 9.59 Å². The van der Waals surface area contributed by atoms with Crippen LogP contribution in [0.1, 0.15) is 40.7 Å². The van der Waals surface area contributed by atoms with Gasteiger partial charge >= 0.3 is 0 Å². The molecule has 43 heavy (non-hydrogen) atoms. The number of hydrogen-bond acceptors (Lipinski definition) is 7. The highest BCUT2D eigenvalue weighted by Gasteiger charge is 2.49. The van der Waals surface area contributed by atoms with Crippen LogP contribution in [0.3, 0.4) is 0 Å². The molecule has 0 saturated carbocycles. The van der Waals surface area contributed by atoms with E-state index in [2.05, 4.69) is 17.4 Å². The number of carbonyl (C=O) groups is 2. The summed E-state index contributed by atoms with van der Waals surface area (Å²) in [4.78, 5) is 28.4. The molecule has 6 N–H and O–H groups in total. The Balaban J connectivity index is 1.14. The fraction of sp³-hybridized carbons (Fsp3) is 0.235. The van der Waals surface area contributed by atoms with Crippen LogP contribution in [0.4, 0.5) is 11.4 Å². The second-order valence-electron chi connectivity index (χ2n) is 11.4. The fourth-order valence-electron chi connectivity index (χ4n) is 6.57. The molecule has 7 rings (SSSR count). The average Bonchev–Trinajstić information content (AvgIpc) is 3.64. The van der Waals surface area contributed by atoms with Gasteiger partial charge in [0.15, 0.2) is 5.60 Å². The number of nitrogens with one attached hydrogen (secondary N) is 1. The molecule has 3 aliphatic rings. The van der Waals surface area contributed by atoms with E-state index in [0.717, 1.165) is 27.8 Å². The van der Waals surface area contributed by atoms with E-state index in [1.54, 1.807) is 41.3 Å². The molecule has 9 nitrogen and oxygen atoms in total. The predicted octanol–water partition coefficient (Wildman–Crippen LogP) is 4.40. The van der Waals surface area contributed by atoms with Crippen LogP contribution in [0, 0.1) is 0 Å². The van der Waals surface area contributed by atoms with Crippen molar-refractivity contribution in [2.24, 2.45) is 5.73 Å². The first-order valence-electron chi connectivity index (χ1n) is 14.4. The molecule has 0 bridgehead atoms. The number of anilines is 2. The van der Waals surface area contributed by atoms with Crippen molar-refractivity contribution in [1.82, 2.24) is 4.90 Å². The summed E-state index contributed by atoms with van der Waals surface area (Å²) in [5.41, 5.74) is 17.4. The summed E-state index contributed by atoms with van der Waals surface area (Å²) in [6.45, 7) is 0.920. The lowest BCUT2D eigenvalue weighted by atomic mass is 9.77. The van der Waals surface area contributed by atoms with Gasteiger partial charge < -0.3 is 36.3 Å². The number of hydrogen-bond donors (Lipinski definition) is 4. The van der Waals surface area contributed by atoms with Crippen molar-refractivity contribution in [3.05, 3.63) is 113 Å². The molecular formula is C34H32N4O5. The molecule has 0 radical (unpaired) electrons. The van der Waals surface area contributed by atoms with Gasteiger partial charge in [-0.15, -0.1) is 0 Å². The highest BCUT2D eigenvalue weighted by molar-refractivity contribution is 5.98. The van der Waals surface area contributed by atoms with Crippen molar-refractivity contribution >= 4 is 23.2 Å². The molecule has 218 valence electrons. The zero-order valence-corrected chi connectivity index (χ0v) is 23.5. The smallest absolute Gasteiger partial charge is 0.247 e. The average molecular weight is 577 g/mol. The van der Waals surface area contributed by atoms with Gasteiger partial charge in [0.05, 0.1) is 12.6 Å². The van der Waals surface area contributed by atoms with Crippen LogP contribution in [0.15, 0.2) is 84.9 Å². The second kappa shape index (κ2) is 10.4. The lowest BCUT2D eigenvalue weighted by Crippen LogP contribution is -2.50. The van der Waals surface area contributed by atoms with Gasteiger partial charge in [0.1, 0.15) is 23.3 Å². The number of benzene rings is 4. The molecule has 3 aliphatic heterocycles. The first-order valence-corrected chi connectivity index (χ1v) is 14.4. The Morgan fingerprint density at radius 2 is 1.72 bits per heavy atom. The Kier molecular flexibility index (Phi) is 6.56. The summed E-state index contributed by atoms with van der Waals surface area (Å²) in [5, 5.41) is 12.5. The third-order valence-electron chi connectivity index (χ3n) is 8.62. The summed E-state index contributed by atoms with van der Waals surface area (Å²) < 4.78 is 12.9. The zero-order valence-electron chi connectivity index (χ0n) is 23.5. The minimum Gasteiger partial charge on any atom is -0.508 e. The van der Waals surface area contributed by atoms with Crippen molar-refractivity contribution in [3.63, 3.8) is 0 Å². The number of likely N-dealkylation sites (tertiary alicyclic amines) is 1. The number of phenols is 1. The molecule has 4 aromatic carbocycles. The first-order chi connectivity index (χ1) is 20.8. The van der Waals surface area contributed by atoms with E-state index < -0.39 is 17.7 Å². The van der Waals surface area contributed by atoms with Gasteiger partial charge in [0.25, 0.3) is 0 Å². The van der Waals surface area contributed by atoms with E-state index >= 15 is 0 Å². The molecule has 2 amide bonds. The summed E-state index contributed by atoms with van der Waals surface area (Å²) in [5.74, 6) is 0.760. The second-order valence-corrected chi connectivity index (χ2v) is 11.4. The highest BCUT2D eigenvalue weighted by atomic mass is 16.5. The Morgan fingerprint density at radius 3 is 2.53 bits per heavy atom. The number of phenolic OH excluding ortho intramolecular Hbond substituents is 1. The molecule has 0 aromatic heterocycles. The largest absolute Gasteiger partial charge is 0.508 e. The number of nitrogens with zero attached hydrogens (tertiary/aromatic N) is 1. The number of aromatic hydroxyl groups is 1. The maximum atomic E-state index is 13.5. The van der Waals surface area contributed by atoms with E-state index in [0.29, 0.717) is 55.3 Å². The summed E-state index contributed by atoms with van der Waals surface area (Å²) in [6, 6.07) is 24.5. The molecule has 3 heterocycles. The molecule has 1 spiro atoms. The van der Waals surface area contributed by atoms with Gasteiger partial charge in [-0.1, -0.05) is 36.4 Å². The van der Waals surface area contributed by atoms with Crippen LogP contribution >= 0.6 is 0 Å². The van der Waals surface area contributed by atoms with E-state index in [1.165, 1.54) is 0 Å². The number of rotatable bonds is 5. The summed E-state index contributed by atoms with van der Waals surface area (Å²) in [6.07, 6.45) is 1.57. The van der Waals surface area contributed by atoms with Crippen molar-refractivity contribution in [1.29, 1.82) is 0 Å². The third kappa shape index (κ3) is 4.57.